The standard InChI is InChI=1S/C24H24O4/c1-13-8-18-17-11-22(27-5)20(25-3)9-15(17)7-14(2)24(18)19-12-23(28-6)21(26-4)10-16(13)19/h7-12H,1-6H3. The van der Waals surface area contributed by atoms with Gasteiger partial charge in [-0.25, -0.2) is 0 Å². The van der Waals surface area contributed by atoms with Gasteiger partial charge in [0.15, 0.2) is 23.0 Å². The second kappa shape index (κ2) is 6.79. The number of methoxy groups -OCH3 is 4. The largest absolute Gasteiger partial charge is 0.493 e. The van der Waals surface area contributed by atoms with Crippen LogP contribution < -0.4 is 18.9 Å². The number of benzene rings is 4. The summed E-state index contributed by atoms with van der Waals surface area (Å²) in [5, 5.41) is 6.98. The molecular weight excluding hydrogens is 352 g/mol. The van der Waals surface area contributed by atoms with Gasteiger partial charge in [0.1, 0.15) is 0 Å². The van der Waals surface area contributed by atoms with Gasteiger partial charge in [-0.05, 0) is 81.6 Å². The second-order valence-electron chi connectivity index (χ2n) is 6.99. The lowest BCUT2D eigenvalue weighted by molar-refractivity contribution is 0.356. The minimum Gasteiger partial charge on any atom is -0.493 e. The average molecular weight is 376 g/mol. The van der Waals surface area contributed by atoms with E-state index in [0.717, 1.165) is 44.5 Å². The molecule has 0 aliphatic heterocycles. The summed E-state index contributed by atoms with van der Waals surface area (Å²) in [5.41, 5.74) is 2.39. The van der Waals surface area contributed by atoms with E-state index in [9.17, 15) is 0 Å². The normalized spacial score (nSPS) is 11.2. The molecule has 4 heteroatoms. The second-order valence-corrected chi connectivity index (χ2v) is 6.99. The fourth-order valence-electron chi connectivity index (χ4n) is 4.11. The molecule has 0 atom stereocenters. The monoisotopic (exact) mass is 376 g/mol. The SMILES string of the molecule is COc1cc2cc(C)c3c4cc(OC)c(OC)cc4c(C)cc3c2cc1OC. The smallest absolute Gasteiger partial charge is 0.161 e. The Morgan fingerprint density at radius 2 is 0.929 bits per heavy atom. The first kappa shape index (κ1) is 18.2. The maximum absolute atomic E-state index is 5.57. The fourth-order valence-corrected chi connectivity index (χ4v) is 4.11. The molecule has 0 bridgehead atoms. The maximum atomic E-state index is 5.57. The molecule has 144 valence electrons. The molecule has 0 unspecified atom stereocenters. The molecule has 0 radical (unpaired) electrons. The Bertz CT molecular complexity index is 1220. The zero-order valence-corrected chi connectivity index (χ0v) is 17.1. The van der Waals surface area contributed by atoms with Crippen LogP contribution in [0.2, 0.25) is 0 Å². The first-order valence-electron chi connectivity index (χ1n) is 9.16. The number of ether oxygens (including phenoxy) is 4. The van der Waals surface area contributed by atoms with Crippen molar-refractivity contribution in [2.24, 2.45) is 0 Å². The van der Waals surface area contributed by atoms with E-state index in [4.69, 9.17) is 18.9 Å². The molecule has 4 aromatic carbocycles. The van der Waals surface area contributed by atoms with Crippen molar-refractivity contribution in [2.75, 3.05) is 28.4 Å². The minimum absolute atomic E-state index is 0.727. The summed E-state index contributed by atoms with van der Waals surface area (Å²) in [6.07, 6.45) is 0. The first-order chi connectivity index (χ1) is 13.5. The van der Waals surface area contributed by atoms with Gasteiger partial charge in [-0.15, -0.1) is 0 Å². The van der Waals surface area contributed by atoms with Crippen molar-refractivity contribution in [3.8, 4) is 23.0 Å². The first-order valence-corrected chi connectivity index (χ1v) is 9.16. The molecule has 0 heterocycles. The van der Waals surface area contributed by atoms with Crippen LogP contribution in [0, 0.1) is 13.8 Å². The van der Waals surface area contributed by atoms with Crippen molar-refractivity contribution in [3.05, 3.63) is 47.5 Å². The van der Waals surface area contributed by atoms with Crippen LogP contribution in [0.5, 0.6) is 23.0 Å². The lowest BCUT2D eigenvalue weighted by Crippen LogP contribution is -1.94. The van der Waals surface area contributed by atoms with Crippen LogP contribution in [-0.4, -0.2) is 28.4 Å². The zero-order chi connectivity index (χ0) is 20.0. The zero-order valence-electron chi connectivity index (χ0n) is 17.1. The fraction of sp³-hybridized carbons (Fsp3) is 0.250. The predicted octanol–water partition coefficient (Wildman–Crippen LogP) is 5.80. The Morgan fingerprint density at radius 1 is 0.464 bits per heavy atom. The van der Waals surface area contributed by atoms with Crippen LogP contribution >= 0.6 is 0 Å². The molecule has 28 heavy (non-hydrogen) atoms. The lowest BCUT2D eigenvalue weighted by atomic mass is 9.91. The molecule has 0 fully saturated rings. The van der Waals surface area contributed by atoms with Crippen molar-refractivity contribution in [1.29, 1.82) is 0 Å². The highest BCUT2D eigenvalue weighted by Crippen LogP contribution is 2.42. The quantitative estimate of drug-likeness (QED) is 0.422. The Balaban J connectivity index is 2.21. The topological polar surface area (TPSA) is 36.9 Å². The Hall–Kier alpha value is -3.14. The highest BCUT2D eigenvalue weighted by atomic mass is 16.5. The van der Waals surface area contributed by atoms with Gasteiger partial charge in [-0.2, -0.15) is 0 Å². The molecule has 4 nitrogen and oxygen atoms in total. The summed E-state index contributed by atoms with van der Waals surface area (Å²) in [4.78, 5) is 0. The number of hydrogen-bond donors (Lipinski definition) is 0. The molecule has 0 amide bonds. The van der Waals surface area contributed by atoms with Gasteiger partial charge in [-0.3, -0.25) is 0 Å². The van der Waals surface area contributed by atoms with Crippen molar-refractivity contribution < 1.29 is 18.9 Å². The summed E-state index contributed by atoms with van der Waals surface area (Å²) in [6.45, 7) is 4.27. The van der Waals surface area contributed by atoms with E-state index in [0.29, 0.717) is 0 Å². The van der Waals surface area contributed by atoms with Crippen LogP contribution in [0.3, 0.4) is 0 Å². The highest BCUT2D eigenvalue weighted by Gasteiger charge is 2.16. The third-order valence-electron chi connectivity index (χ3n) is 5.46. The van der Waals surface area contributed by atoms with Crippen LogP contribution in [0.25, 0.3) is 32.3 Å². The van der Waals surface area contributed by atoms with Gasteiger partial charge in [0.25, 0.3) is 0 Å². The molecule has 0 saturated heterocycles. The van der Waals surface area contributed by atoms with E-state index >= 15 is 0 Å². The van der Waals surface area contributed by atoms with Gasteiger partial charge in [0, 0.05) is 0 Å². The number of aryl methyl sites for hydroxylation is 2. The molecule has 0 N–H and O–H groups in total. The van der Waals surface area contributed by atoms with E-state index in [1.807, 2.05) is 6.07 Å². The Morgan fingerprint density at radius 3 is 1.50 bits per heavy atom. The molecule has 0 aliphatic rings. The van der Waals surface area contributed by atoms with Gasteiger partial charge in [-0.1, -0.05) is 12.1 Å². The van der Waals surface area contributed by atoms with Crippen LogP contribution in [-0.2, 0) is 0 Å². The van der Waals surface area contributed by atoms with Crippen molar-refractivity contribution >= 4 is 32.3 Å². The van der Waals surface area contributed by atoms with E-state index in [2.05, 4.69) is 44.2 Å². The van der Waals surface area contributed by atoms with Gasteiger partial charge in [0.2, 0.25) is 0 Å². The number of rotatable bonds is 4. The third kappa shape index (κ3) is 2.60. The molecule has 4 rings (SSSR count). The lowest BCUT2D eigenvalue weighted by Gasteiger charge is -2.17. The van der Waals surface area contributed by atoms with Crippen molar-refractivity contribution in [2.45, 2.75) is 13.8 Å². The number of hydrogen-bond acceptors (Lipinski definition) is 4. The van der Waals surface area contributed by atoms with Gasteiger partial charge in [0.05, 0.1) is 28.4 Å². The Labute approximate surface area is 164 Å². The molecule has 0 aromatic heterocycles. The maximum Gasteiger partial charge on any atom is 0.161 e. The van der Waals surface area contributed by atoms with E-state index in [-0.39, 0.29) is 0 Å². The summed E-state index contributed by atoms with van der Waals surface area (Å²) >= 11 is 0. The predicted molar refractivity (Wildman–Crippen MR) is 115 cm³/mol. The average Bonchev–Trinajstić information content (AvgIpc) is 2.71. The van der Waals surface area contributed by atoms with Crippen LogP contribution in [0.1, 0.15) is 11.1 Å². The number of fused-ring (bicyclic) bond motifs is 5. The summed E-state index contributed by atoms with van der Waals surface area (Å²) in [6, 6.07) is 12.7. The summed E-state index contributed by atoms with van der Waals surface area (Å²) in [5.74, 6) is 2.93. The van der Waals surface area contributed by atoms with Crippen molar-refractivity contribution in [3.63, 3.8) is 0 Å². The highest BCUT2D eigenvalue weighted by molar-refractivity contribution is 6.20. The van der Waals surface area contributed by atoms with Crippen LogP contribution in [0.15, 0.2) is 36.4 Å². The van der Waals surface area contributed by atoms with Gasteiger partial charge >= 0.3 is 0 Å². The summed E-state index contributed by atoms with van der Waals surface area (Å²) in [7, 11) is 6.66. The Kier molecular flexibility index (Phi) is 4.42. The molecule has 0 saturated carbocycles. The summed E-state index contributed by atoms with van der Waals surface area (Å²) < 4.78 is 22.1. The van der Waals surface area contributed by atoms with E-state index < -0.39 is 0 Å². The van der Waals surface area contributed by atoms with E-state index in [1.165, 1.54) is 21.9 Å². The van der Waals surface area contributed by atoms with E-state index in [1.54, 1.807) is 28.4 Å². The van der Waals surface area contributed by atoms with Crippen molar-refractivity contribution in [1.82, 2.24) is 0 Å². The minimum atomic E-state index is 0.727. The molecule has 4 aromatic rings. The molecule has 0 aliphatic carbocycles. The molecular formula is C24H24O4. The van der Waals surface area contributed by atoms with Gasteiger partial charge < -0.3 is 18.9 Å². The molecule has 0 spiro atoms. The van der Waals surface area contributed by atoms with Crippen LogP contribution in [0.4, 0.5) is 0 Å². The third-order valence-corrected chi connectivity index (χ3v) is 5.46.